The van der Waals surface area contributed by atoms with E-state index in [-0.39, 0.29) is 0 Å². The normalized spacial score (nSPS) is 27.8. The average molecular weight is 265 g/mol. The number of nitrogens with zero attached hydrogens (tertiary/aromatic N) is 2. The molecule has 1 unspecified atom stereocenters. The number of aryl methyl sites for hydroxylation is 1. The van der Waals surface area contributed by atoms with Crippen molar-refractivity contribution in [1.82, 2.24) is 14.9 Å². The minimum atomic E-state index is -0.581. The Hall–Kier alpha value is -0.910. The van der Waals surface area contributed by atoms with Crippen LogP contribution in [-0.4, -0.2) is 51.9 Å². The van der Waals surface area contributed by atoms with Crippen LogP contribution in [0.1, 0.15) is 43.2 Å². The number of rotatable bonds is 3. The van der Waals surface area contributed by atoms with Gasteiger partial charge in [-0.3, -0.25) is 4.90 Å². The van der Waals surface area contributed by atoms with Gasteiger partial charge in [0.15, 0.2) is 0 Å². The van der Waals surface area contributed by atoms with Gasteiger partial charge >= 0.3 is 0 Å². The van der Waals surface area contributed by atoms with Crippen LogP contribution in [0.15, 0.2) is 6.20 Å². The molecule has 106 valence electrons. The molecule has 5 heteroatoms. The molecule has 1 atom stereocenters. The third kappa shape index (κ3) is 2.83. The molecule has 2 fully saturated rings. The van der Waals surface area contributed by atoms with Crippen molar-refractivity contribution in [3.8, 4) is 0 Å². The summed E-state index contributed by atoms with van der Waals surface area (Å²) in [5.74, 6) is 1.05. The molecule has 0 bridgehead atoms. The number of aliphatic hydroxyl groups is 1. The lowest BCUT2D eigenvalue weighted by Gasteiger charge is -2.37. The molecule has 0 aromatic carbocycles. The highest BCUT2D eigenvalue weighted by Crippen LogP contribution is 2.33. The number of H-pyrrole nitrogens is 1. The van der Waals surface area contributed by atoms with Gasteiger partial charge in [0.1, 0.15) is 5.82 Å². The molecule has 3 heterocycles. The van der Waals surface area contributed by atoms with Crippen LogP contribution >= 0.6 is 0 Å². The summed E-state index contributed by atoms with van der Waals surface area (Å²) in [6.07, 6.45) is 5.67. The molecule has 1 aromatic heterocycles. The van der Waals surface area contributed by atoms with Gasteiger partial charge in [0.05, 0.1) is 11.6 Å². The predicted molar refractivity (Wildman–Crippen MR) is 71.9 cm³/mol. The van der Waals surface area contributed by atoms with Crippen molar-refractivity contribution in [2.75, 3.05) is 26.3 Å². The Morgan fingerprint density at radius 3 is 3.00 bits per heavy atom. The molecule has 0 radical (unpaired) electrons. The van der Waals surface area contributed by atoms with Crippen molar-refractivity contribution >= 4 is 0 Å². The lowest BCUT2D eigenvalue weighted by atomic mass is 9.93. The minimum absolute atomic E-state index is 0.334. The molecular formula is C14H23N3O2. The average Bonchev–Trinajstić information content (AvgIpc) is 2.98. The van der Waals surface area contributed by atoms with Gasteiger partial charge in [-0.15, -0.1) is 0 Å². The molecule has 2 saturated heterocycles. The van der Waals surface area contributed by atoms with Crippen molar-refractivity contribution in [2.24, 2.45) is 0 Å². The summed E-state index contributed by atoms with van der Waals surface area (Å²) in [6.45, 7) is 5.17. The second-order valence-electron chi connectivity index (χ2n) is 5.92. The summed E-state index contributed by atoms with van der Waals surface area (Å²) in [6, 6.07) is 0.334. The first-order valence-corrected chi connectivity index (χ1v) is 7.22. The zero-order chi connectivity index (χ0) is 13.3. The largest absolute Gasteiger partial charge is 0.388 e. The molecule has 3 rings (SSSR count). The van der Waals surface area contributed by atoms with Crippen LogP contribution in [0.2, 0.25) is 0 Å². The number of hydrogen-bond donors (Lipinski definition) is 2. The number of aromatic amines is 1. The quantitative estimate of drug-likeness (QED) is 0.867. The summed E-state index contributed by atoms with van der Waals surface area (Å²) < 4.78 is 5.35. The third-order valence-corrected chi connectivity index (χ3v) is 4.32. The number of hydrogen-bond acceptors (Lipinski definition) is 4. The van der Waals surface area contributed by atoms with E-state index in [1.54, 1.807) is 0 Å². The molecule has 2 aliphatic heterocycles. The van der Waals surface area contributed by atoms with Crippen molar-refractivity contribution in [2.45, 2.75) is 44.2 Å². The first-order chi connectivity index (χ1) is 9.16. The first-order valence-electron chi connectivity index (χ1n) is 7.22. The van der Waals surface area contributed by atoms with Crippen molar-refractivity contribution in [3.05, 3.63) is 17.7 Å². The maximum Gasteiger partial charge on any atom is 0.123 e. The highest BCUT2D eigenvalue weighted by molar-refractivity contribution is 5.06. The summed E-state index contributed by atoms with van der Waals surface area (Å²) in [7, 11) is 0. The van der Waals surface area contributed by atoms with E-state index in [0.717, 1.165) is 43.9 Å². The maximum atomic E-state index is 10.6. The van der Waals surface area contributed by atoms with Gasteiger partial charge in [0.25, 0.3) is 0 Å². The highest BCUT2D eigenvalue weighted by Gasteiger charge is 2.37. The molecule has 2 aliphatic rings. The summed E-state index contributed by atoms with van der Waals surface area (Å²) >= 11 is 0. The van der Waals surface area contributed by atoms with E-state index < -0.39 is 5.60 Å². The molecule has 0 amide bonds. The summed E-state index contributed by atoms with van der Waals surface area (Å²) in [4.78, 5) is 10.2. The van der Waals surface area contributed by atoms with E-state index >= 15 is 0 Å². The zero-order valence-electron chi connectivity index (χ0n) is 11.6. The number of aromatic nitrogens is 2. The standard InChI is InChI=1S/C14H23N3O2/c1-11-9-15-13(16-11)12-3-2-6-17(12)10-14(18)4-7-19-8-5-14/h9,12,18H,2-8,10H2,1H3,(H,15,16). The molecule has 0 aliphatic carbocycles. The van der Waals surface area contributed by atoms with Crippen LogP contribution in [0.5, 0.6) is 0 Å². The number of ether oxygens (including phenoxy) is 1. The van der Waals surface area contributed by atoms with Gasteiger partial charge in [-0.1, -0.05) is 0 Å². The predicted octanol–water partition coefficient (Wildman–Crippen LogP) is 1.40. The number of β-amino-alcohol motifs (C(OH)–C–C–N with tert-alkyl or cyclic N) is 1. The SMILES string of the molecule is Cc1cnc(C2CCCN2CC2(O)CCOCC2)[nH]1. The zero-order valence-corrected chi connectivity index (χ0v) is 11.6. The fourth-order valence-corrected chi connectivity index (χ4v) is 3.21. The van der Waals surface area contributed by atoms with Crippen molar-refractivity contribution in [1.29, 1.82) is 0 Å². The fraction of sp³-hybridized carbons (Fsp3) is 0.786. The second-order valence-corrected chi connectivity index (χ2v) is 5.92. The number of nitrogens with one attached hydrogen (secondary N) is 1. The van der Waals surface area contributed by atoms with E-state index in [4.69, 9.17) is 4.74 Å². The number of likely N-dealkylation sites (tertiary alicyclic amines) is 1. The molecule has 2 N–H and O–H groups in total. The van der Waals surface area contributed by atoms with Gasteiger partial charge in [-0.25, -0.2) is 4.98 Å². The van der Waals surface area contributed by atoms with Crippen LogP contribution in [0.3, 0.4) is 0 Å². The lowest BCUT2D eigenvalue weighted by Crippen LogP contribution is -2.46. The Morgan fingerprint density at radius 1 is 1.53 bits per heavy atom. The van der Waals surface area contributed by atoms with Crippen LogP contribution in [0, 0.1) is 6.92 Å². The molecule has 5 nitrogen and oxygen atoms in total. The monoisotopic (exact) mass is 265 g/mol. The first kappa shape index (κ1) is 13.1. The maximum absolute atomic E-state index is 10.6. The molecule has 0 spiro atoms. The highest BCUT2D eigenvalue weighted by atomic mass is 16.5. The number of imidazole rings is 1. The van der Waals surface area contributed by atoms with Gasteiger partial charge in [0, 0.05) is 44.5 Å². The van der Waals surface area contributed by atoms with Gasteiger partial charge in [0.2, 0.25) is 0 Å². The Kier molecular flexibility index (Phi) is 3.60. The molecular weight excluding hydrogens is 242 g/mol. The second kappa shape index (κ2) is 5.23. The topological polar surface area (TPSA) is 61.4 Å². The molecule has 19 heavy (non-hydrogen) atoms. The van der Waals surface area contributed by atoms with E-state index in [1.165, 1.54) is 6.42 Å². The smallest absolute Gasteiger partial charge is 0.123 e. The van der Waals surface area contributed by atoms with E-state index in [9.17, 15) is 5.11 Å². The van der Waals surface area contributed by atoms with Crippen LogP contribution in [-0.2, 0) is 4.74 Å². The van der Waals surface area contributed by atoms with E-state index in [0.29, 0.717) is 19.3 Å². The van der Waals surface area contributed by atoms with E-state index in [1.807, 2.05) is 13.1 Å². The van der Waals surface area contributed by atoms with Crippen LogP contribution < -0.4 is 0 Å². The summed E-state index contributed by atoms with van der Waals surface area (Å²) in [5, 5.41) is 10.6. The molecule has 0 saturated carbocycles. The van der Waals surface area contributed by atoms with Crippen LogP contribution in [0.4, 0.5) is 0 Å². The Balaban J connectivity index is 1.69. The fourth-order valence-electron chi connectivity index (χ4n) is 3.21. The van der Waals surface area contributed by atoms with Crippen LogP contribution in [0.25, 0.3) is 0 Å². The van der Waals surface area contributed by atoms with Gasteiger partial charge < -0.3 is 14.8 Å². The van der Waals surface area contributed by atoms with Gasteiger partial charge in [-0.2, -0.15) is 0 Å². The summed E-state index contributed by atoms with van der Waals surface area (Å²) in [5.41, 5.74) is 0.522. The van der Waals surface area contributed by atoms with E-state index in [2.05, 4.69) is 14.9 Å². The Morgan fingerprint density at radius 2 is 2.32 bits per heavy atom. The lowest BCUT2D eigenvalue weighted by molar-refractivity contribution is -0.0818. The van der Waals surface area contributed by atoms with Crippen molar-refractivity contribution in [3.63, 3.8) is 0 Å². The Labute approximate surface area is 114 Å². The third-order valence-electron chi connectivity index (χ3n) is 4.32. The molecule has 1 aromatic rings. The van der Waals surface area contributed by atoms with Crippen molar-refractivity contribution < 1.29 is 9.84 Å². The minimum Gasteiger partial charge on any atom is -0.388 e. The Bertz CT molecular complexity index is 426. The van der Waals surface area contributed by atoms with Gasteiger partial charge in [-0.05, 0) is 26.3 Å².